The number of hydrogen-bond donors (Lipinski definition) is 2. The van der Waals surface area contributed by atoms with Crippen LogP contribution in [0.25, 0.3) is 5.76 Å². The number of aliphatic hydroxyl groups is 1. The fraction of sp³-hybridized carbons (Fsp3) is 0.385. The van der Waals surface area contributed by atoms with Gasteiger partial charge in [-0.15, -0.1) is 0 Å². The molecule has 0 bridgehead atoms. The summed E-state index contributed by atoms with van der Waals surface area (Å²) in [5, 5.41) is 21.0. The summed E-state index contributed by atoms with van der Waals surface area (Å²) in [5.41, 5.74) is 1.05. The number of unbranched alkanes of at least 4 members (excludes halogenated alkanes) is 3. The summed E-state index contributed by atoms with van der Waals surface area (Å²) in [6, 6.07) is 12.6. The number of ketones is 1. The van der Waals surface area contributed by atoms with Crippen LogP contribution in [0.3, 0.4) is 0 Å². The standard InChI is InChI=1S/C26H31NO5/c1-3-5-7-16-32-21-13-11-18(12-14-21)24(29)22-23(19-9-8-10-20(28)17-19)27(15-6-4-2)26(31)25(22)30/h8-14,17,23,28-29H,3-7,15-16H2,1-2H3/b24-22-. The number of carbonyl (C=O) groups is 2. The second-order valence-electron chi connectivity index (χ2n) is 8.02. The summed E-state index contributed by atoms with van der Waals surface area (Å²) in [5.74, 6) is -0.858. The van der Waals surface area contributed by atoms with Crippen LogP contribution in [0, 0.1) is 0 Å². The van der Waals surface area contributed by atoms with Gasteiger partial charge in [0.25, 0.3) is 11.7 Å². The van der Waals surface area contributed by atoms with E-state index in [-0.39, 0.29) is 17.1 Å². The number of phenols is 1. The van der Waals surface area contributed by atoms with Crippen LogP contribution in [0.1, 0.15) is 63.1 Å². The van der Waals surface area contributed by atoms with Crippen LogP contribution in [-0.4, -0.2) is 40.0 Å². The lowest BCUT2D eigenvalue weighted by molar-refractivity contribution is -0.139. The summed E-state index contributed by atoms with van der Waals surface area (Å²) in [6.45, 7) is 5.15. The Morgan fingerprint density at radius 3 is 2.38 bits per heavy atom. The summed E-state index contributed by atoms with van der Waals surface area (Å²) in [7, 11) is 0. The average Bonchev–Trinajstić information content (AvgIpc) is 3.05. The highest BCUT2D eigenvalue weighted by Crippen LogP contribution is 2.40. The predicted molar refractivity (Wildman–Crippen MR) is 123 cm³/mol. The number of aliphatic hydroxyl groups excluding tert-OH is 1. The second-order valence-corrected chi connectivity index (χ2v) is 8.02. The number of Topliss-reactive ketones (excluding diaryl/α,β-unsaturated/α-hetero) is 1. The zero-order valence-corrected chi connectivity index (χ0v) is 18.7. The first-order valence-electron chi connectivity index (χ1n) is 11.3. The predicted octanol–water partition coefficient (Wildman–Crippen LogP) is 5.18. The van der Waals surface area contributed by atoms with Gasteiger partial charge in [0.15, 0.2) is 0 Å². The number of amides is 1. The molecular weight excluding hydrogens is 406 g/mol. The molecule has 2 N–H and O–H groups in total. The molecule has 1 atom stereocenters. The Morgan fingerprint density at radius 2 is 1.72 bits per heavy atom. The molecule has 2 aromatic rings. The molecule has 1 aliphatic rings. The van der Waals surface area contributed by atoms with Crippen molar-refractivity contribution >= 4 is 17.4 Å². The van der Waals surface area contributed by atoms with E-state index in [2.05, 4.69) is 6.92 Å². The molecule has 170 valence electrons. The maximum Gasteiger partial charge on any atom is 0.295 e. The first kappa shape index (κ1) is 23.4. The van der Waals surface area contributed by atoms with E-state index in [4.69, 9.17) is 4.74 Å². The highest BCUT2D eigenvalue weighted by atomic mass is 16.5. The van der Waals surface area contributed by atoms with E-state index in [0.717, 1.165) is 32.1 Å². The highest BCUT2D eigenvalue weighted by Gasteiger charge is 2.45. The molecule has 1 amide bonds. The zero-order valence-electron chi connectivity index (χ0n) is 18.7. The van der Waals surface area contributed by atoms with E-state index in [1.54, 1.807) is 36.4 Å². The van der Waals surface area contributed by atoms with Crippen molar-refractivity contribution in [3.63, 3.8) is 0 Å². The van der Waals surface area contributed by atoms with Crippen molar-refractivity contribution < 1.29 is 24.5 Å². The van der Waals surface area contributed by atoms with Gasteiger partial charge in [0, 0.05) is 12.1 Å². The molecule has 32 heavy (non-hydrogen) atoms. The number of nitrogens with zero attached hydrogens (tertiary/aromatic N) is 1. The minimum Gasteiger partial charge on any atom is -0.508 e. The first-order chi connectivity index (χ1) is 15.5. The molecule has 1 heterocycles. The van der Waals surface area contributed by atoms with Crippen LogP contribution in [0.2, 0.25) is 0 Å². The minimum absolute atomic E-state index is 0.0353. The van der Waals surface area contributed by atoms with Crippen LogP contribution >= 0.6 is 0 Å². The normalized spacial score (nSPS) is 17.7. The Hall–Kier alpha value is -3.28. The maximum atomic E-state index is 12.9. The molecule has 1 aliphatic heterocycles. The highest BCUT2D eigenvalue weighted by molar-refractivity contribution is 6.46. The van der Waals surface area contributed by atoms with E-state index in [1.165, 1.54) is 17.0 Å². The Balaban J connectivity index is 1.96. The molecule has 0 spiro atoms. The quantitative estimate of drug-likeness (QED) is 0.231. The largest absolute Gasteiger partial charge is 0.508 e. The third kappa shape index (κ3) is 5.13. The molecule has 0 aliphatic carbocycles. The van der Waals surface area contributed by atoms with Gasteiger partial charge in [-0.2, -0.15) is 0 Å². The molecule has 2 aromatic carbocycles. The summed E-state index contributed by atoms with van der Waals surface area (Å²) in [6.07, 6.45) is 4.78. The van der Waals surface area contributed by atoms with E-state index in [9.17, 15) is 19.8 Å². The van der Waals surface area contributed by atoms with Crippen LogP contribution in [0.4, 0.5) is 0 Å². The molecule has 6 heteroatoms. The molecule has 0 aromatic heterocycles. The SMILES string of the molecule is CCCCCOc1ccc(/C(O)=C2/C(=O)C(=O)N(CCCC)C2c2cccc(O)c2)cc1. The Morgan fingerprint density at radius 1 is 1.00 bits per heavy atom. The average molecular weight is 438 g/mol. The topological polar surface area (TPSA) is 87.1 Å². The van der Waals surface area contributed by atoms with Crippen LogP contribution < -0.4 is 4.74 Å². The van der Waals surface area contributed by atoms with Crippen molar-refractivity contribution in [3.05, 3.63) is 65.2 Å². The fourth-order valence-electron chi connectivity index (χ4n) is 3.89. The first-order valence-corrected chi connectivity index (χ1v) is 11.3. The molecular formula is C26H31NO5. The maximum absolute atomic E-state index is 12.9. The molecule has 3 rings (SSSR count). The number of benzene rings is 2. The fourth-order valence-corrected chi connectivity index (χ4v) is 3.89. The van der Waals surface area contributed by atoms with Crippen molar-refractivity contribution in [1.82, 2.24) is 4.90 Å². The number of ether oxygens (including phenoxy) is 1. The third-order valence-corrected chi connectivity index (χ3v) is 5.62. The van der Waals surface area contributed by atoms with Crippen molar-refractivity contribution in [2.45, 2.75) is 52.0 Å². The third-order valence-electron chi connectivity index (χ3n) is 5.62. The molecule has 1 fully saturated rings. The van der Waals surface area contributed by atoms with Crippen molar-refractivity contribution in [1.29, 1.82) is 0 Å². The lowest BCUT2D eigenvalue weighted by Crippen LogP contribution is -2.30. The summed E-state index contributed by atoms with van der Waals surface area (Å²) < 4.78 is 5.72. The molecule has 0 saturated carbocycles. The van der Waals surface area contributed by atoms with Crippen LogP contribution in [0.5, 0.6) is 11.5 Å². The van der Waals surface area contributed by atoms with Crippen LogP contribution in [0.15, 0.2) is 54.1 Å². The Labute approximate surface area is 189 Å². The summed E-state index contributed by atoms with van der Waals surface area (Å²) >= 11 is 0. The number of hydrogen-bond acceptors (Lipinski definition) is 5. The van der Waals surface area contributed by atoms with Gasteiger partial charge in [-0.25, -0.2) is 0 Å². The van der Waals surface area contributed by atoms with Crippen LogP contribution in [-0.2, 0) is 9.59 Å². The number of likely N-dealkylation sites (tertiary alicyclic amines) is 1. The molecule has 1 unspecified atom stereocenters. The Bertz CT molecular complexity index is 980. The molecule has 0 radical (unpaired) electrons. The number of aromatic hydroxyl groups is 1. The minimum atomic E-state index is -0.751. The van der Waals surface area contributed by atoms with E-state index >= 15 is 0 Å². The van der Waals surface area contributed by atoms with Gasteiger partial charge in [0.1, 0.15) is 17.3 Å². The van der Waals surface area contributed by atoms with Gasteiger partial charge in [-0.05, 0) is 54.8 Å². The van der Waals surface area contributed by atoms with Gasteiger partial charge in [-0.3, -0.25) is 9.59 Å². The van der Waals surface area contributed by atoms with Gasteiger partial charge >= 0.3 is 0 Å². The smallest absolute Gasteiger partial charge is 0.295 e. The molecule has 1 saturated heterocycles. The van der Waals surface area contributed by atoms with Gasteiger partial charge in [0.2, 0.25) is 0 Å². The van der Waals surface area contributed by atoms with E-state index in [0.29, 0.717) is 30.0 Å². The lowest BCUT2D eigenvalue weighted by atomic mass is 9.95. The van der Waals surface area contributed by atoms with Crippen molar-refractivity contribution in [2.75, 3.05) is 13.2 Å². The van der Waals surface area contributed by atoms with Gasteiger partial charge in [0.05, 0.1) is 18.2 Å². The van der Waals surface area contributed by atoms with Gasteiger partial charge < -0.3 is 19.8 Å². The van der Waals surface area contributed by atoms with Gasteiger partial charge in [-0.1, -0.05) is 45.2 Å². The zero-order chi connectivity index (χ0) is 23.1. The summed E-state index contributed by atoms with van der Waals surface area (Å²) in [4.78, 5) is 27.2. The second kappa shape index (κ2) is 10.8. The number of rotatable bonds is 10. The monoisotopic (exact) mass is 437 g/mol. The molecule has 6 nitrogen and oxygen atoms in total. The van der Waals surface area contributed by atoms with E-state index in [1.807, 2.05) is 6.92 Å². The number of carbonyl (C=O) groups excluding carboxylic acids is 2. The number of phenolic OH excluding ortho intramolecular Hbond substituents is 1. The Kier molecular flexibility index (Phi) is 7.92. The van der Waals surface area contributed by atoms with Crippen molar-refractivity contribution in [2.24, 2.45) is 0 Å². The lowest BCUT2D eigenvalue weighted by Gasteiger charge is -2.25. The van der Waals surface area contributed by atoms with Crippen molar-refractivity contribution in [3.8, 4) is 11.5 Å². The van der Waals surface area contributed by atoms with E-state index < -0.39 is 17.7 Å².